The monoisotopic (exact) mass is 303 g/mol. The van der Waals surface area contributed by atoms with Crippen molar-refractivity contribution in [3.8, 4) is 0 Å². The van der Waals surface area contributed by atoms with E-state index in [4.69, 9.17) is 9.47 Å². The maximum atomic E-state index is 5.89. The molecule has 0 atom stereocenters. The van der Waals surface area contributed by atoms with E-state index in [9.17, 15) is 0 Å². The van der Waals surface area contributed by atoms with Gasteiger partial charge in [0, 0.05) is 38.3 Å². The summed E-state index contributed by atoms with van der Waals surface area (Å²) < 4.78 is 11.2. The molecule has 2 aliphatic heterocycles. The van der Waals surface area contributed by atoms with Gasteiger partial charge in [0.2, 0.25) is 0 Å². The summed E-state index contributed by atoms with van der Waals surface area (Å²) in [4.78, 5) is 6.98. The molecule has 1 N–H and O–H groups in total. The SMILES string of the molecule is c1ccc(C2=NCCCN2)c(COCCN2CCOCC2)c1. The Kier molecular flexibility index (Phi) is 5.81. The summed E-state index contributed by atoms with van der Waals surface area (Å²) in [6.07, 6.45) is 1.11. The van der Waals surface area contributed by atoms with Gasteiger partial charge in [-0.3, -0.25) is 9.89 Å². The second-order valence-corrected chi connectivity index (χ2v) is 5.67. The lowest BCUT2D eigenvalue weighted by Gasteiger charge is -2.26. The van der Waals surface area contributed by atoms with E-state index in [1.165, 1.54) is 11.1 Å². The molecular formula is C17H25N3O2. The first kappa shape index (κ1) is 15.5. The van der Waals surface area contributed by atoms with Crippen molar-refractivity contribution in [2.45, 2.75) is 13.0 Å². The third-order valence-electron chi connectivity index (χ3n) is 4.08. The zero-order valence-electron chi connectivity index (χ0n) is 13.1. The summed E-state index contributed by atoms with van der Waals surface area (Å²) in [5.41, 5.74) is 2.38. The number of ether oxygens (including phenoxy) is 2. The van der Waals surface area contributed by atoms with E-state index in [2.05, 4.69) is 39.5 Å². The van der Waals surface area contributed by atoms with Crippen LogP contribution in [0.1, 0.15) is 17.5 Å². The molecule has 1 fully saturated rings. The fraction of sp³-hybridized carbons (Fsp3) is 0.588. The molecule has 0 bridgehead atoms. The highest BCUT2D eigenvalue weighted by atomic mass is 16.5. The maximum absolute atomic E-state index is 5.89. The van der Waals surface area contributed by atoms with E-state index < -0.39 is 0 Å². The van der Waals surface area contributed by atoms with Crippen LogP contribution < -0.4 is 5.32 Å². The van der Waals surface area contributed by atoms with Crippen molar-refractivity contribution in [3.63, 3.8) is 0 Å². The molecule has 1 aromatic carbocycles. The van der Waals surface area contributed by atoms with Crippen LogP contribution in [0.25, 0.3) is 0 Å². The van der Waals surface area contributed by atoms with Gasteiger partial charge in [0.05, 0.1) is 26.4 Å². The summed E-state index contributed by atoms with van der Waals surface area (Å²) in [6.45, 7) is 8.00. The lowest BCUT2D eigenvalue weighted by molar-refractivity contribution is 0.0180. The number of morpholine rings is 1. The van der Waals surface area contributed by atoms with E-state index in [0.717, 1.165) is 64.8 Å². The fourth-order valence-electron chi connectivity index (χ4n) is 2.79. The second-order valence-electron chi connectivity index (χ2n) is 5.67. The average Bonchev–Trinajstić information content (AvgIpc) is 2.61. The van der Waals surface area contributed by atoms with Crippen molar-refractivity contribution in [2.24, 2.45) is 4.99 Å². The highest BCUT2D eigenvalue weighted by Gasteiger charge is 2.12. The maximum Gasteiger partial charge on any atom is 0.128 e. The standard InChI is InChI=1S/C17H25N3O2/c1-2-5-16(17-18-6-3-7-19-17)15(4-1)14-22-13-10-20-8-11-21-12-9-20/h1-2,4-5H,3,6-14H2,(H,18,19). The van der Waals surface area contributed by atoms with Gasteiger partial charge in [0.25, 0.3) is 0 Å². The molecule has 0 unspecified atom stereocenters. The number of amidine groups is 1. The van der Waals surface area contributed by atoms with Crippen LogP contribution in [0.15, 0.2) is 29.3 Å². The summed E-state index contributed by atoms with van der Waals surface area (Å²) >= 11 is 0. The Labute approximate surface area is 132 Å². The molecule has 5 nitrogen and oxygen atoms in total. The zero-order chi connectivity index (χ0) is 15.0. The highest BCUT2D eigenvalue weighted by molar-refractivity contribution is 6.00. The van der Waals surface area contributed by atoms with Crippen molar-refractivity contribution in [3.05, 3.63) is 35.4 Å². The predicted molar refractivity (Wildman–Crippen MR) is 87.4 cm³/mol. The molecule has 0 spiro atoms. The van der Waals surface area contributed by atoms with Crippen LogP contribution >= 0.6 is 0 Å². The third-order valence-corrected chi connectivity index (χ3v) is 4.08. The van der Waals surface area contributed by atoms with E-state index in [1.807, 2.05) is 0 Å². The molecule has 2 aliphatic rings. The largest absolute Gasteiger partial charge is 0.379 e. The number of nitrogens with one attached hydrogen (secondary N) is 1. The van der Waals surface area contributed by atoms with Crippen LogP contribution in [-0.4, -0.2) is 63.3 Å². The average molecular weight is 303 g/mol. The first-order chi connectivity index (χ1) is 10.9. The van der Waals surface area contributed by atoms with Crippen LogP contribution in [0.2, 0.25) is 0 Å². The fourth-order valence-corrected chi connectivity index (χ4v) is 2.79. The molecule has 0 aliphatic carbocycles. The molecule has 120 valence electrons. The van der Waals surface area contributed by atoms with E-state index in [-0.39, 0.29) is 0 Å². The Balaban J connectivity index is 1.50. The van der Waals surface area contributed by atoms with Crippen LogP contribution in [0.3, 0.4) is 0 Å². The molecular weight excluding hydrogens is 278 g/mol. The Morgan fingerprint density at radius 3 is 2.91 bits per heavy atom. The Morgan fingerprint density at radius 2 is 2.09 bits per heavy atom. The molecule has 0 aromatic heterocycles. The minimum absolute atomic E-state index is 0.640. The number of rotatable bonds is 6. The molecule has 0 amide bonds. The molecule has 0 saturated carbocycles. The molecule has 0 radical (unpaired) electrons. The van der Waals surface area contributed by atoms with Gasteiger partial charge in [0.15, 0.2) is 0 Å². The van der Waals surface area contributed by atoms with Gasteiger partial charge in [-0.05, 0) is 12.0 Å². The second kappa shape index (κ2) is 8.27. The van der Waals surface area contributed by atoms with Crippen molar-refractivity contribution >= 4 is 5.84 Å². The number of nitrogens with zero attached hydrogens (tertiary/aromatic N) is 2. The highest BCUT2D eigenvalue weighted by Crippen LogP contribution is 2.12. The van der Waals surface area contributed by atoms with Crippen molar-refractivity contribution < 1.29 is 9.47 Å². The number of benzene rings is 1. The minimum Gasteiger partial charge on any atom is -0.379 e. The van der Waals surface area contributed by atoms with E-state index in [0.29, 0.717) is 6.61 Å². The molecule has 1 saturated heterocycles. The normalized spacial score (nSPS) is 19.5. The Bertz CT molecular complexity index is 498. The van der Waals surface area contributed by atoms with Crippen LogP contribution in [0.5, 0.6) is 0 Å². The van der Waals surface area contributed by atoms with Gasteiger partial charge >= 0.3 is 0 Å². The first-order valence-corrected chi connectivity index (χ1v) is 8.18. The van der Waals surface area contributed by atoms with Crippen molar-refractivity contribution in [2.75, 3.05) is 52.5 Å². The molecule has 22 heavy (non-hydrogen) atoms. The molecule has 3 rings (SSSR count). The summed E-state index contributed by atoms with van der Waals surface area (Å²) in [5, 5.41) is 3.39. The lowest BCUT2D eigenvalue weighted by Crippen LogP contribution is -2.38. The van der Waals surface area contributed by atoms with Gasteiger partial charge in [0.1, 0.15) is 5.84 Å². The van der Waals surface area contributed by atoms with Gasteiger partial charge < -0.3 is 14.8 Å². The van der Waals surface area contributed by atoms with Gasteiger partial charge in [-0.25, -0.2) is 0 Å². The summed E-state index contributed by atoms with van der Waals surface area (Å²) in [7, 11) is 0. The minimum atomic E-state index is 0.640. The van der Waals surface area contributed by atoms with E-state index in [1.54, 1.807) is 0 Å². The first-order valence-electron chi connectivity index (χ1n) is 8.18. The van der Waals surface area contributed by atoms with Crippen molar-refractivity contribution in [1.82, 2.24) is 10.2 Å². The predicted octanol–water partition coefficient (Wildman–Crippen LogP) is 1.28. The molecule has 1 aromatic rings. The summed E-state index contributed by atoms with van der Waals surface area (Å²) in [6, 6.07) is 8.37. The topological polar surface area (TPSA) is 46.1 Å². The Morgan fingerprint density at radius 1 is 1.23 bits per heavy atom. The molecule has 2 heterocycles. The van der Waals surface area contributed by atoms with E-state index >= 15 is 0 Å². The lowest BCUT2D eigenvalue weighted by atomic mass is 10.1. The molecule has 5 heteroatoms. The quantitative estimate of drug-likeness (QED) is 0.804. The van der Waals surface area contributed by atoms with Gasteiger partial charge in [-0.15, -0.1) is 0 Å². The van der Waals surface area contributed by atoms with Crippen LogP contribution in [-0.2, 0) is 16.1 Å². The number of hydrogen-bond donors (Lipinski definition) is 1. The zero-order valence-corrected chi connectivity index (χ0v) is 13.1. The van der Waals surface area contributed by atoms with Gasteiger partial charge in [-0.1, -0.05) is 24.3 Å². The van der Waals surface area contributed by atoms with Crippen LogP contribution in [0, 0.1) is 0 Å². The Hall–Kier alpha value is -1.43. The smallest absolute Gasteiger partial charge is 0.128 e. The summed E-state index contributed by atoms with van der Waals surface area (Å²) in [5.74, 6) is 1.01. The van der Waals surface area contributed by atoms with Crippen LogP contribution in [0.4, 0.5) is 0 Å². The van der Waals surface area contributed by atoms with Crippen molar-refractivity contribution in [1.29, 1.82) is 0 Å². The third kappa shape index (κ3) is 4.29. The van der Waals surface area contributed by atoms with Gasteiger partial charge in [-0.2, -0.15) is 0 Å². The number of hydrogen-bond acceptors (Lipinski definition) is 5. The number of aliphatic imine (C=N–C) groups is 1.